The lowest BCUT2D eigenvalue weighted by Crippen LogP contribution is -2.45. The van der Waals surface area contributed by atoms with E-state index in [1.165, 1.54) is 27.7 Å². The summed E-state index contributed by atoms with van der Waals surface area (Å²) >= 11 is 0. The third-order valence-electron chi connectivity index (χ3n) is 10.1. The molecule has 1 amide bonds. The van der Waals surface area contributed by atoms with Crippen LogP contribution in [-0.2, 0) is 22.6 Å². The van der Waals surface area contributed by atoms with Crippen molar-refractivity contribution in [3.63, 3.8) is 0 Å². The first-order valence-electron chi connectivity index (χ1n) is 16.7. The molecule has 0 saturated carbocycles. The number of ether oxygens (including phenoxy) is 1. The summed E-state index contributed by atoms with van der Waals surface area (Å²) in [6.07, 6.45) is 7.46. The minimum atomic E-state index is 0.117. The van der Waals surface area contributed by atoms with Crippen molar-refractivity contribution in [2.24, 2.45) is 5.92 Å². The molecule has 2 N–H and O–H groups in total. The number of nitrogens with two attached hydrogens (primary N) is 1. The van der Waals surface area contributed by atoms with Crippen molar-refractivity contribution in [1.82, 2.24) is 29.2 Å². The average Bonchev–Trinajstić information content (AvgIpc) is 3.42. The monoisotopic (exact) mass is 607 g/mol. The van der Waals surface area contributed by atoms with Gasteiger partial charge in [-0.05, 0) is 86.1 Å². The van der Waals surface area contributed by atoms with Crippen LogP contribution in [0.1, 0.15) is 42.7 Å². The van der Waals surface area contributed by atoms with Crippen molar-refractivity contribution in [3.8, 4) is 11.4 Å². The first kappa shape index (κ1) is 29.9. The molecule has 0 spiro atoms. The first-order chi connectivity index (χ1) is 22.1. The molecular formula is C36H45N7O2. The maximum atomic E-state index is 13.7. The number of rotatable bonds is 8. The van der Waals surface area contributed by atoms with Gasteiger partial charge in [-0.15, -0.1) is 0 Å². The van der Waals surface area contributed by atoms with Crippen LogP contribution in [0.15, 0.2) is 67.0 Å². The fraction of sp³-hybridized carbons (Fsp3) is 0.472. The van der Waals surface area contributed by atoms with E-state index in [0.29, 0.717) is 17.6 Å². The van der Waals surface area contributed by atoms with Crippen molar-refractivity contribution < 1.29 is 9.53 Å². The fourth-order valence-corrected chi connectivity index (χ4v) is 7.66. The molecule has 0 radical (unpaired) electrons. The van der Waals surface area contributed by atoms with Gasteiger partial charge in [0.25, 0.3) is 0 Å². The number of nitrogen functional groups attached to an aromatic ring is 1. The number of piperidine rings is 2. The molecule has 9 nitrogen and oxygen atoms in total. The summed E-state index contributed by atoms with van der Waals surface area (Å²) in [5.74, 6) is 1.41. The standard InChI is InChI=1S/C36H45N7O2/c37-33-25-27(8-14-39-33)26-41-15-9-29(10-16-41)36(44)42-17-11-28(12-18-42)34-30-5-1-2-7-32(30)43(20-19-40-21-23-45-24-22-40)35(34)31-6-3-4-13-38-31/h1-8,13-14,25,28-29H,9-12,15-24,26H2,(H2,37,39). The predicted octanol–water partition coefficient (Wildman–Crippen LogP) is 4.63. The third kappa shape index (κ3) is 6.61. The Morgan fingerprint density at radius 1 is 0.822 bits per heavy atom. The Morgan fingerprint density at radius 2 is 1.60 bits per heavy atom. The number of aromatic nitrogens is 3. The van der Waals surface area contributed by atoms with E-state index in [0.717, 1.165) is 103 Å². The second-order valence-corrected chi connectivity index (χ2v) is 12.8. The highest BCUT2D eigenvalue weighted by molar-refractivity contribution is 5.92. The molecule has 0 unspecified atom stereocenters. The number of para-hydroxylation sites is 1. The number of hydrogen-bond donors (Lipinski definition) is 1. The SMILES string of the molecule is Nc1cc(CN2CCC(C(=O)N3CCC(c4c(-c5ccccn5)n(CCN5CCOCC5)c5ccccc45)CC3)CC2)ccn1. The van der Waals surface area contributed by atoms with Crippen LogP contribution in [0.5, 0.6) is 0 Å². The second kappa shape index (κ2) is 13.7. The zero-order valence-corrected chi connectivity index (χ0v) is 26.2. The Kier molecular flexibility index (Phi) is 9.09. The summed E-state index contributed by atoms with van der Waals surface area (Å²) in [5.41, 5.74) is 12.0. The molecule has 6 heterocycles. The summed E-state index contributed by atoms with van der Waals surface area (Å²) in [5, 5.41) is 1.33. The summed E-state index contributed by atoms with van der Waals surface area (Å²) in [7, 11) is 0. The van der Waals surface area contributed by atoms with Crippen molar-refractivity contribution >= 4 is 22.6 Å². The maximum absolute atomic E-state index is 13.7. The fourth-order valence-electron chi connectivity index (χ4n) is 7.66. The van der Waals surface area contributed by atoms with Crippen LogP contribution in [0.3, 0.4) is 0 Å². The number of morpholine rings is 1. The van der Waals surface area contributed by atoms with Gasteiger partial charge in [0.1, 0.15) is 5.82 Å². The number of fused-ring (bicyclic) bond motifs is 1. The van der Waals surface area contributed by atoms with Crippen LogP contribution in [0.25, 0.3) is 22.3 Å². The highest BCUT2D eigenvalue weighted by Gasteiger charge is 2.34. The van der Waals surface area contributed by atoms with E-state index < -0.39 is 0 Å². The largest absolute Gasteiger partial charge is 0.384 e. The zero-order valence-electron chi connectivity index (χ0n) is 26.2. The van der Waals surface area contributed by atoms with Crippen LogP contribution in [0, 0.1) is 5.92 Å². The number of amides is 1. The second-order valence-electron chi connectivity index (χ2n) is 12.8. The topological polar surface area (TPSA) is 92.8 Å². The third-order valence-corrected chi connectivity index (χ3v) is 10.1. The molecule has 9 heteroatoms. The Bertz CT molecular complexity index is 1580. The quantitative estimate of drug-likeness (QED) is 0.312. The molecule has 1 aromatic carbocycles. The molecule has 236 valence electrons. The molecule has 7 rings (SSSR count). The van der Waals surface area contributed by atoms with Gasteiger partial charge in [-0.25, -0.2) is 4.98 Å². The molecule has 3 aliphatic heterocycles. The van der Waals surface area contributed by atoms with Crippen LogP contribution in [0.4, 0.5) is 5.82 Å². The van der Waals surface area contributed by atoms with Gasteiger partial charge < -0.3 is 19.9 Å². The van der Waals surface area contributed by atoms with E-state index >= 15 is 0 Å². The van der Waals surface area contributed by atoms with E-state index in [1.807, 2.05) is 24.4 Å². The van der Waals surface area contributed by atoms with Crippen molar-refractivity contribution in [3.05, 3.63) is 78.1 Å². The molecule has 3 saturated heterocycles. The molecule has 3 aromatic heterocycles. The van der Waals surface area contributed by atoms with Gasteiger partial charge >= 0.3 is 0 Å². The van der Waals surface area contributed by atoms with E-state index in [4.69, 9.17) is 15.5 Å². The van der Waals surface area contributed by atoms with Gasteiger partial charge in [-0.1, -0.05) is 24.3 Å². The lowest BCUT2D eigenvalue weighted by atomic mass is 9.85. The Hall–Kier alpha value is -3.79. The highest BCUT2D eigenvalue weighted by atomic mass is 16.5. The van der Waals surface area contributed by atoms with Gasteiger partial charge in [0.2, 0.25) is 5.91 Å². The predicted molar refractivity (Wildman–Crippen MR) is 178 cm³/mol. The Morgan fingerprint density at radius 3 is 2.36 bits per heavy atom. The Balaban J connectivity index is 1.05. The van der Waals surface area contributed by atoms with E-state index in [-0.39, 0.29) is 5.92 Å². The first-order valence-corrected chi connectivity index (χ1v) is 16.7. The molecule has 0 aliphatic carbocycles. The number of pyridine rings is 2. The lowest BCUT2D eigenvalue weighted by molar-refractivity contribution is -0.138. The van der Waals surface area contributed by atoms with E-state index in [2.05, 4.69) is 60.6 Å². The summed E-state index contributed by atoms with van der Waals surface area (Å²) in [6, 6.07) is 19.1. The highest BCUT2D eigenvalue weighted by Crippen LogP contribution is 2.42. The Labute approximate surface area is 266 Å². The molecular weight excluding hydrogens is 562 g/mol. The average molecular weight is 608 g/mol. The number of likely N-dealkylation sites (tertiary alicyclic amines) is 2. The van der Waals surface area contributed by atoms with E-state index in [9.17, 15) is 4.79 Å². The lowest BCUT2D eigenvalue weighted by Gasteiger charge is -2.37. The maximum Gasteiger partial charge on any atom is 0.225 e. The number of carbonyl (C=O) groups excluding carboxylic acids is 1. The summed E-state index contributed by atoms with van der Waals surface area (Å²) in [6.45, 7) is 9.85. The zero-order chi connectivity index (χ0) is 30.6. The van der Waals surface area contributed by atoms with Crippen molar-refractivity contribution in [2.75, 3.05) is 64.8 Å². The van der Waals surface area contributed by atoms with Crippen LogP contribution in [0.2, 0.25) is 0 Å². The van der Waals surface area contributed by atoms with Gasteiger partial charge in [-0.2, -0.15) is 0 Å². The van der Waals surface area contributed by atoms with Crippen LogP contribution < -0.4 is 5.73 Å². The van der Waals surface area contributed by atoms with Gasteiger partial charge in [0.15, 0.2) is 0 Å². The van der Waals surface area contributed by atoms with Gasteiger partial charge in [-0.3, -0.25) is 19.6 Å². The van der Waals surface area contributed by atoms with Crippen LogP contribution in [-0.4, -0.2) is 94.2 Å². The number of hydrogen-bond acceptors (Lipinski definition) is 7. The number of anilines is 1. The molecule has 0 bridgehead atoms. The molecule has 45 heavy (non-hydrogen) atoms. The minimum Gasteiger partial charge on any atom is -0.384 e. The van der Waals surface area contributed by atoms with Crippen molar-refractivity contribution in [1.29, 1.82) is 0 Å². The number of benzene rings is 1. The molecule has 3 fully saturated rings. The summed E-state index contributed by atoms with van der Waals surface area (Å²) in [4.78, 5) is 29.8. The summed E-state index contributed by atoms with van der Waals surface area (Å²) < 4.78 is 8.11. The molecule has 3 aliphatic rings. The number of nitrogens with zero attached hydrogens (tertiary/aromatic N) is 6. The van der Waals surface area contributed by atoms with Gasteiger partial charge in [0, 0.05) is 75.0 Å². The normalized spacial score (nSPS) is 19.3. The molecule has 0 atom stereocenters. The van der Waals surface area contributed by atoms with Crippen LogP contribution >= 0.6 is 0 Å². The smallest absolute Gasteiger partial charge is 0.225 e. The van der Waals surface area contributed by atoms with Crippen molar-refractivity contribution in [2.45, 2.75) is 44.7 Å². The van der Waals surface area contributed by atoms with Gasteiger partial charge in [0.05, 0.1) is 24.6 Å². The number of carbonyl (C=O) groups is 1. The van der Waals surface area contributed by atoms with E-state index in [1.54, 1.807) is 6.20 Å². The minimum absolute atomic E-state index is 0.117. The molecule has 4 aromatic rings.